The third kappa shape index (κ3) is 2.70. The fraction of sp³-hybridized carbons (Fsp3) is 0.286. The second kappa shape index (κ2) is 5.28. The first-order valence-electron chi connectivity index (χ1n) is 5.92. The molecule has 2 aromatic rings. The van der Waals surface area contributed by atoms with Gasteiger partial charge < -0.3 is 9.73 Å². The van der Waals surface area contributed by atoms with E-state index < -0.39 is 23.6 Å². The average Bonchev–Trinajstić information content (AvgIpc) is 2.75. The van der Waals surface area contributed by atoms with Crippen LogP contribution in [-0.4, -0.2) is 7.05 Å². The number of furan rings is 1. The van der Waals surface area contributed by atoms with Crippen LogP contribution in [0.15, 0.2) is 34.9 Å². The third-order valence-electron chi connectivity index (χ3n) is 3.13. The van der Waals surface area contributed by atoms with Gasteiger partial charge in [-0.2, -0.15) is 13.2 Å². The molecule has 0 spiro atoms. The Balaban J connectivity index is 2.43. The van der Waals surface area contributed by atoms with Gasteiger partial charge in [-0.1, -0.05) is 6.07 Å². The topological polar surface area (TPSA) is 25.2 Å². The summed E-state index contributed by atoms with van der Waals surface area (Å²) in [5, 5.41) is 2.94. The van der Waals surface area contributed by atoms with Crippen molar-refractivity contribution in [1.82, 2.24) is 5.32 Å². The highest BCUT2D eigenvalue weighted by Gasteiger charge is 2.34. The first-order chi connectivity index (χ1) is 9.34. The van der Waals surface area contributed by atoms with Crippen LogP contribution < -0.4 is 5.32 Å². The van der Waals surface area contributed by atoms with Gasteiger partial charge in [-0.15, -0.1) is 0 Å². The van der Waals surface area contributed by atoms with Gasteiger partial charge in [0.05, 0.1) is 17.9 Å². The Kier molecular flexibility index (Phi) is 3.85. The van der Waals surface area contributed by atoms with Gasteiger partial charge in [-0.25, -0.2) is 4.39 Å². The van der Waals surface area contributed by atoms with Gasteiger partial charge in [0.2, 0.25) is 0 Å². The van der Waals surface area contributed by atoms with Crippen LogP contribution in [0, 0.1) is 12.7 Å². The molecular formula is C14H13F4NO. The van der Waals surface area contributed by atoms with Gasteiger partial charge in [0.1, 0.15) is 11.6 Å². The van der Waals surface area contributed by atoms with Crippen molar-refractivity contribution < 1.29 is 22.0 Å². The lowest BCUT2D eigenvalue weighted by Crippen LogP contribution is -2.19. The predicted molar refractivity (Wildman–Crippen MR) is 65.7 cm³/mol. The number of nitrogens with one attached hydrogen (secondary N) is 1. The summed E-state index contributed by atoms with van der Waals surface area (Å²) in [5.41, 5.74) is -0.103. The Morgan fingerprint density at radius 1 is 1.20 bits per heavy atom. The Morgan fingerprint density at radius 3 is 2.35 bits per heavy atom. The largest absolute Gasteiger partial charge is 0.469 e. The maximum atomic E-state index is 13.6. The van der Waals surface area contributed by atoms with Crippen molar-refractivity contribution in [3.8, 4) is 0 Å². The van der Waals surface area contributed by atoms with Crippen LogP contribution in [0.3, 0.4) is 0 Å². The molecule has 6 heteroatoms. The van der Waals surface area contributed by atoms with Crippen LogP contribution in [0.4, 0.5) is 17.6 Å². The Morgan fingerprint density at radius 2 is 1.90 bits per heavy atom. The molecule has 0 bridgehead atoms. The van der Waals surface area contributed by atoms with E-state index in [1.165, 1.54) is 12.3 Å². The fourth-order valence-corrected chi connectivity index (χ4v) is 2.14. The van der Waals surface area contributed by atoms with E-state index in [9.17, 15) is 17.6 Å². The van der Waals surface area contributed by atoms with Gasteiger partial charge in [-0.05, 0) is 37.7 Å². The van der Waals surface area contributed by atoms with Gasteiger partial charge in [0, 0.05) is 5.56 Å². The van der Waals surface area contributed by atoms with Gasteiger partial charge in [0.15, 0.2) is 0 Å². The van der Waals surface area contributed by atoms with Crippen LogP contribution in [0.1, 0.15) is 28.5 Å². The zero-order valence-corrected chi connectivity index (χ0v) is 10.9. The quantitative estimate of drug-likeness (QED) is 0.861. The fourth-order valence-electron chi connectivity index (χ4n) is 2.14. The standard InChI is InChI=1S/C14H13F4NO/c1-8-10(5-6-20-8)13(19-2)9-3-4-11(12(15)7-9)14(16,17)18/h3-7,13,19H,1-2H3. The molecule has 0 aliphatic carbocycles. The molecule has 2 nitrogen and oxygen atoms in total. The van der Waals surface area contributed by atoms with E-state index in [2.05, 4.69) is 5.32 Å². The lowest BCUT2D eigenvalue weighted by Gasteiger charge is -2.17. The summed E-state index contributed by atoms with van der Waals surface area (Å²) >= 11 is 0. The Bertz CT molecular complexity index is 603. The highest BCUT2D eigenvalue weighted by molar-refractivity contribution is 5.35. The molecule has 20 heavy (non-hydrogen) atoms. The summed E-state index contributed by atoms with van der Waals surface area (Å²) < 4.78 is 56.4. The summed E-state index contributed by atoms with van der Waals surface area (Å²) in [6, 6.07) is 4.19. The predicted octanol–water partition coefficient (Wildman–Crippen LogP) is 4.05. The summed E-state index contributed by atoms with van der Waals surface area (Å²) in [6.07, 6.45) is -3.21. The van der Waals surface area contributed by atoms with Crippen molar-refractivity contribution in [2.45, 2.75) is 19.1 Å². The maximum Gasteiger partial charge on any atom is 0.419 e. The minimum absolute atomic E-state index is 0.405. The van der Waals surface area contributed by atoms with Crippen LogP contribution in [0.2, 0.25) is 0 Å². The lowest BCUT2D eigenvalue weighted by atomic mass is 9.98. The van der Waals surface area contributed by atoms with Gasteiger partial charge in [0.25, 0.3) is 0 Å². The number of alkyl halides is 3. The highest BCUT2D eigenvalue weighted by Crippen LogP contribution is 2.33. The van der Waals surface area contributed by atoms with Crippen molar-refractivity contribution in [3.63, 3.8) is 0 Å². The molecule has 1 atom stereocenters. The normalized spacial score (nSPS) is 13.5. The van der Waals surface area contributed by atoms with Crippen molar-refractivity contribution in [2.75, 3.05) is 7.05 Å². The van der Waals surface area contributed by atoms with E-state index in [-0.39, 0.29) is 0 Å². The van der Waals surface area contributed by atoms with E-state index in [1.54, 1.807) is 20.0 Å². The zero-order valence-electron chi connectivity index (χ0n) is 10.9. The summed E-state index contributed by atoms with van der Waals surface area (Å²) in [5.74, 6) is -0.652. The number of aryl methyl sites for hydroxylation is 1. The molecular weight excluding hydrogens is 274 g/mol. The first-order valence-corrected chi connectivity index (χ1v) is 5.92. The van der Waals surface area contributed by atoms with Crippen LogP contribution in [0.25, 0.3) is 0 Å². The van der Waals surface area contributed by atoms with E-state index in [1.807, 2.05) is 0 Å². The maximum absolute atomic E-state index is 13.6. The molecule has 0 aliphatic heterocycles. The molecule has 0 fully saturated rings. The summed E-state index contributed by atoms with van der Waals surface area (Å²) in [6.45, 7) is 1.74. The van der Waals surface area contributed by atoms with Gasteiger partial charge >= 0.3 is 6.18 Å². The van der Waals surface area contributed by atoms with Crippen LogP contribution in [0.5, 0.6) is 0 Å². The molecule has 0 amide bonds. The molecule has 0 aliphatic rings. The van der Waals surface area contributed by atoms with E-state index in [0.29, 0.717) is 11.3 Å². The second-order valence-corrected chi connectivity index (χ2v) is 4.39. The molecule has 1 N–H and O–H groups in total. The molecule has 1 heterocycles. The highest BCUT2D eigenvalue weighted by atomic mass is 19.4. The van der Waals surface area contributed by atoms with Crippen LogP contribution in [-0.2, 0) is 6.18 Å². The SMILES string of the molecule is CNC(c1ccc(C(F)(F)F)c(F)c1)c1ccoc1C. The second-order valence-electron chi connectivity index (χ2n) is 4.39. The molecule has 108 valence electrons. The van der Waals surface area contributed by atoms with E-state index in [4.69, 9.17) is 4.42 Å². The smallest absolute Gasteiger partial charge is 0.419 e. The summed E-state index contributed by atoms with van der Waals surface area (Å²) in [7, 11) is 1.65. The van der Waals surface area contributed by atoms with E-state index >= 15 is 0 Å². The molecule has 1 aromatic heterocycles. The lowest BCUT2D eigenvalue weighted by molar-refractivity contribution is -0.140. The molecule has 0 radical (unpaired) electrons. The average molecular weight is 287 g/mol. The van der Waals surface area contributed by atoms with Crippen molar-refractivity contribution >= 4 is 0 Å². The molecule has 1 aromatic carbocycles. The number of hydrogen-bond acceptors (Lipinski definition) is 2. The Hall–Kier alpha value is -1.82. The van der Waals surface area contributed by atoms with Crippen LogP contribution >= 0.6 is 0 Å². The number of rotatable bonds is 3. The van der Waals surface area contributed by atoms with Gasteiger partial charge in [-0.3, -0.25) is 0 Å². The van der Waals surface area contributed by atoms with Crippen molar-refractivity contribution in [3.05, 3.63) is 58.8 Å². The number of halogens is 4. The monoisotopic (exact) mass is 287 g/mol. The zero-order chi connectivity index (χ0) is 14.9. The molecule has 1 unspecified atom stereocenters. The number of hydrogen-bond donors (Lipinski definition) is 1. The van der Waals surface area contributed by atoms with E-state index in [0.717, 1.165) is 17.7 Å². The van der Waals surface area contributed by atoms with Crippen molar-refractivity contribution in [2.24, 2.45) is 0 Å². The molecule has 2 rings (SSSR count). The Labute approximate surface area is 113 Å². The summed E-state index contributed by atoms with van der Waals surface area (Å²) in [4.78, 5) is 0. The molecule has 0 saturated heterocycles. The third-order valence-corrected chi connectivity index (χ3v) is 3.13. The molecule has 0 saturated carbocycles. The minimum Gasteiger partial charge on any atom is -0.469 e. The van der Waals surface area contributed by atoms with Crippen molar-refractivity contribution in [1.29, 1.82) is 0 Å². The first kappa shape index (κ1) is 14.6. The number of benzene rings is 1. The minimum atomic E-state index is -4.69.